The minimum atomic E-state index is -0.360. The predicted molar refractivity (Wildman–Crippen MR) is 84.0 cm³/mol. The molecule has 22 heavy (non-hydrogen) atoms. The average molecular weight is 303 g/mol. The monoisotopic (exact) mass is 303 g/mol. The highest BCUT2D eigenvalue weighted by molar-refractivity contribution is 6.22. The summed E-state index contributed by atoms with van der Waals surface area (Å²) >= 11 is 0. The van der Waals surface area contributed by atoms with E-state index in [1.54, 1.807) is 32.0 Å². The fourth-order valence-electron chi connectivity index (χ4n) is 2.31. The second-order valence-electron chi connectivity index (χ2n) is 6.66. The summed E-state index contributed by atoms with van der Waals surface area (Å²) in [5, 5.41) is 5.45. The number of hydrogen-bond acceptors (Lipinski definition) is 3. The lowest BCUT2D eigenvalue weighted by Gasteiger charge is -2.20. The number of carbonyl (C=O) groups is 3. The van der Waals surface area contributed by atoms with E-state index in [9.17, 15) is 14.4 Å². The first-order valence-corrected chi connectivity index (χ1v) is 7.21. The van der Waals surface area contributed by atoms with E-state index in [0.717, 1.165) is 0 Å². The first-order chi connectivity index (χ1) is 10.1. The summed E-state index contributed by atoms with van der Waals surface area (Å²) in [5.74, 6) is -0.615. The van der Waals surface area contributed by atoms with Crippen LogP contribution in [-0.2, 0) is 0 Å². The molecule has 1 aliphatic heterocycles. The zero-order valence-electron chi connectivity index (χ0n) is 13.5. The quantitative estimate of drug-likeness (QED) is 0.824. The van der Waals surface area contributed by atoms with Crippen molar-refractivity contribution >= 4 is 23.5 Å². The highest BCUT2D eigenvalue weighted by Gasteiger charge is 2.37. The van der Waals surface area contributed by atoms with Gasteiger partial charge < -0.3 is 10.6 Å². The number of imide groups is 1. The zero-order valence-corrected chi connectivity index (χ0v) is 13.5. The van der Waals surface area contributed by atoms with Gasteiger partial charge in [-0.3, -0.25) is 14.5 Å². The van der Waals surface area contributed by atoms with Crippen LogP contribution in [0.25, 0.3) is 0 Å². The van der Waals surface area contributed by atoms with E-state index in [0.29, 0.717) is 16.8 Å². The second kappa shape index (κ2) is 5.44. The molecule has 1 aromatic carbocycles. The Morgan fingerprint density at radius 2 is 1.68 bits per heavy atom. The Bertz CT molecular complexity index is 645. The lowest BCUT2D eigenvalue weighted by atomic mass is 10.1. The van der Waals surface area contributed by atoms with Crippen LogP contribution in [0.2, 0.25) is 0 Å². The summed E-state index contributed by atoms with van der Waals surface area (Å²) in [6, 6.07) is 4.18. The van der Waals surface area contributed by atoms with E-state index >= 15 is 0 Å². The highest BCUT2D eigenvalue weighted by atomic mass is 16.2. The van der Waals surface area contributed by atoms with E-state index in [1.165, 1.54) is 4.90 Å². The second-order valence-corrected chi connectivity index (χ2v) is 6.66. The first-order valence-electron chi connectivity index (χ1n) is 7.21. The predicted octanol–water partition coefficient (Wildman–Crippen LogP) is 2.61. The van der Waals surface area contributed by atoms with Gasteiger partial charge >= 0.3 is 6.03 Å². The van der Waals surface area contributed by atoms with Gasteiger partial charge in [0.25, 0.3) is 11.8 Å². The first kappa shape index (κ1) is 16.0. The summed E-state index contributed by atoms with van der Waals surface area (Å²) in [6.45, 7) is 9.20. The van der Waals surface area contributed by atoms with Crippen LogP contribution in [0.3, 0.4) is 0 Å². The smallest absolute Gasteiger partial charge is 0.319 e. The standard InChI is InChI=1S/C16H21N3O3/c1-9(2)19-13(20)11-7-6-10(8-12(11)14(19)21)17-15(22)18-16(3,4)5/h6-9H,1-5H3,(H2,17,18,22). The maximum Gasteiger partial charge on any atom is 0.319 e. The van der Waals surface area contributed by atoms with Crippen LogP contribution in [0.4, 0.5) is 10.5 Å². The molecule has 0 saturated heterocycles. The number of rotatable bonds is 2. The van der Waals surface area contributed by atoms with Gasteiger partial charge in [0, 0.05) is 17.3 Å². The molecule has 4 amide bonds. The number of fused-ring (bicyclic) bond motifs is 1. The van der Waals surface area contributed by atoms with Gasteiger partial charge in [-0.15, -0.1) is 0 Å². The normalized spacial score (nSPS) is 14.4. The Balaban J connectivity index is 2.23. The number of hydrogen-bond donors (Lipinski definition) is 2. The molecule has 1 heterocycles. The Labute approximate surface area is 129 Å². The molecular formula is C16H21N3O3. The van der Waals surface area contributed by atoms with Crippen LogP contribution in [-0.4, -0.2) is 34.3 Å². The maximum absolute atomic E-state index is 12.3. The molecule has 0 bridgehead atoms. The van der Waals surface area contributed by atoms with Crippen molar-refractivity contribution in [1.82, 2.24) is 10.2 Å². The van der Waals surface area contributed by atoms with E-state index < -0.39 is 0 Å². The molecule has 0 spiro atoms. The molecule has 1 aromatic rings. The van der Waals surface area contributed by atoms with Crippen molar-refractivity contribution in [1.29, 1.82) is 0 Å². The van der Waals surface area contributed by atoms with E-state index in [1.807, 2.05) is 20.8 Å². The number of amides is 4. The summed E-state index contributed by atoms with van der Waals surface area (Å²) in [6.07, 6.45) is 0. The summed E-state index contributed by atoms with van der Waals surface area (Å²) in [4.78, 5) is 37.6. The third kappa shape index (κ3) is 3.10. The van der Waals surface area contributed by atoms with Gasteiger partial charge in [-0.1, -0.05) is 0 Å². The van der Waals surface area contributed by atoms with Crippen molar-refractivity contribution in [2.75, 3.05) is 5.32 Å². The van der Waals surface area contributed by atoms with Crippen molar-refractivity contribution in [2.24, 2.45) is 0 Å². The van der Waals surface area contributed by atoms with Gasteiger partial charge in [-0.2, -0.15) is 0 Å². The third-order valence-corrected chi connectivity index (χ3v) is 3.18. The summed E-state index contributed by atoms with van der Waals surface area (Å²) < 4.78 is 0. The van der Waals surface area contributed by atoms with E-state index in [4.69, 9.17) is 0 Å². The third-order valence-electron chi connectivity index (χ3n) is 3.18. The van der Waals surface area contributed by atoms with E-state index in [-0.39, 0.29) is 29.4 Å². The van der Waals surface area contributed by atoms with E-state index in [2.05, 4.69) is 10.6 Å². The Morgan fingerprint density at radius 1 is 1.09 bits per heavy atom. The lowest BCUT2D eigenvalue weighted by molar-refractivity contribution is 0.0609. The van der Waals surface area contributed by atoms with Gasteiger partial charge in [0.2, 0.25) is 0 Å². The number of carbonyl (C=O) groups excluding carboxylic acids is 3. The molecule has 0 fully saturated rings. The molecule has 2 N–H and O–H groups in total. The van der Waals surface area contributed by atoms with Crippen molar-refractivity contribution in [2.45, 2.75) is 46.2 Å². The lowest BCUT2D eigenvalue weighted by Crippen LogP contribution is -2.43. The van der Waals surface area contributed by atoms with Crippen molar-refractivity contribution in [3.05, 3.63) is 29.3 Å². The van der Waals surface area contributed by atoms with Gasteiger partial charge in [0.15, 0.2) is 0 Å². The fourth-order valence-corrected chi connectivity index (χ4v) is 2.31. The molecule has 0 aromatic heterocycles. The molecule has 6 nitrogen and oxygen atoms in total. The van der Waals surface area contributed by atoms with Gasteiger partial charge in [0.1, 0.15) is 0 Å². The average Bonchev–Trinajstić information content (AvgIpc) is 2.59. The van der Waals surface area contributed by atoms with Crippen molar-refractivity contribution in [3.8, 4) is 0 Å². The fraction of sp³-hybridized carbons (Fsp3) is 0.438. The van der Waals surface area contributed by atoms with Gasteiger partial charge in [0.05, 0.1) is 11.1 Å². The molecule has 0 radical (unpaired) electrons. The minimum Gasteiger partial charge on any atom is -0.333 e. The number of nitrogens with zero attached hydrogens (tertiary/aromatic N) is 1. The largest absolute Gasteiger partial charge is 0.333 e. The van der Waals surface area contributed by atoms with Gasteiger partial charge in [-0.25, -0.2) is 4.79 Å². The van der Waals surface area contributed by atoms with Crippen LogP contribution in [0.1, 0.15) is 55.3 Å². The molecular weight excluding hydrogens is 282 g/mol. The highest BCUT2D eigenvalue weighted by Crippen LogP contribution is 2.27. The minimum absolute atomic E-state index is 0.201. The van der Waals surface area contributed by atoms with Crippen LogP contribution in [0, 0.1) is 0 Å². The Morgan fingerprint density at radius 3 is 2.23 bits per heavy atom. The maximum atomic E-state index is 12.3. The molecule has 0 atom stereocenters. The van der Waals surface area contributed by atoms with Gasteiger partial charge in [-0.05, 0) is 52.8 Å². The molecule has 2 rings (SSSR count). The topological polar surface area (TPSA) is 78.5 Å². The Kier molecular flexibility index (Phi) is 3.96. The molecule has 1 aliphatic rings. The van der Waals surface area contributed by atoms with Crippen LogP contribution >= 0.6 is 0 Å². The molecule has 0 unspecified atom stereocenters. The molecule has 6 heteroatoms. The zero-order chi connectivity index (χ0) is 16.7. The molecule has 0 saturated carbocycles. The number of nitrogens with one attached hydrogen (secondary N) is 2. The molecule has 0 aliphatic carbocycles. The summed E-state index contributed by atoms with van der Waals surface area (Å²) in [5.41, 5.74) is 0.820. The van der Waals surface area contributed by atoms with Crippen LogP contribution < -0.4 is 10.6 Å². The number of benzene rings is 1. The van der Waals surface area contributed by atoms with Crippen molar-refractivity contribution in [3.63, 3.8) is 0 Å². The summed E-state index contributed by atoms with van der Waals surface area (Å²) in [7, 11) is 0. The molecule has 118 valence electrons. The van der Waals surface area contributed by atoms with Crippen LogP contribution in [0.15, 0.2) is 18.2 Å². The Hall–Kier alpha value is -2.37. The number of anilines is 1. The SMILES string of the molecule is CC(C)N1C(=O)c2ccc(NC(=O)NC(C)(C)C)cc2C1=O. The number of urea groups is 1. The van der Waals surface area contributed by atoms with Crippen molar-refractivity contribution < 1.29 is 14.4 Å². The van der Waals surface area contributed by atoms with Crippen LogP contribution in [0.5, 0.6) is 0 Å².